The Morgan fingerprint density at radius 1 is 1.36 bits per heavy atom. The first-order chi connectivity index (χ1) is 6.83. The Morgan fingerprint density at radius 2 is 2.21 bits per heavy atom. The van der Waals surface area contributed by atoms with Gasteiger partial charge in [-0.2, -0.15) is 0 Å². The first kappa shape index (κ1) is 8.45. The summed E-state index contributed by atoms with van der Waals surface area (Å²) >= 11 is 0. The predicted molar refractivity (Wildman–Crippen MR) is 51.4 cm³/mol. The summed E-state index contributed by atoms with van der Waals surface area (Å²) in [6.45, 7) is 0. The van der Waals surface area contributed by atoms with Crippen LogP contribution in [0.2, 0.25) is 0 Å². The molecule has 0 fully saturated rings. The highest BCUT2D eigenvalue weighted by molar-refractivity contribution is 5.68. The monoisotopic (exact) mass is 191 g/mol. The van der Waals surface area contributed by atoms with Crippen LogP contribution in [0, 0.1) is 0 Å². The van der Waals surface area contributed by atoms with Gasteiger partial charge in [0.05, 0.1) is 0 Å². The molecule has 0 saturated carbocycles. The van der Waals surface area contributed by atoms with Gasteiger partial charge in [-0.1, -0.05) is 0 Å². The Bertz CT molecular complexity index is 422. The second-order valence-electron chi connectivity index (χ2n) is 2.57. The second kappa shape index (κ2) is 3.30. The van der Waals surface area contributed by atoms with Crippen LogP contribution in [0.25, 0.3) is 5.82 Å². The Balaban J connectivity index is 2.54. The molecule has 0 aliphatic rings. The number of rotatable bonds is 2. The zero-order valence-electron chi connectivity index (χ0n) is 7.25. The summed E-state index contributed by atoms with van der Waals surface area (Å²) in [6, 6.07) is 0. The molecule has 0 saturated heterocycles. The maximum absolute atomic E-state index is 5.77. The topological polar surface area (TPSA) is 108 Å². The molecule has 0 unspecified atom stereocenters. The molecule has 0 radical (unpaired) electrons. The molecule has 0 aliphatic carbocycles. The van der Waals surface area contributed by atoms with Gasteiger partial charge in [-0.25, -0.2) is 20.8 Å². The van der Waals surface area contributed by atoms with E-state index in [0.717, 1.165) is 0 Å². The number of imidazole rings is 1. The van der Waals surface area contributed by atoms with E-state index in [1.807, 2.05) is 0 Å². The Kier molecular flexibility index (Phi) is 1.99. The van der Waals surface area contributed by atoms with Crippen molar-refractivity contribution in [3.05, 3.63) is 25.0 Å². The fraction of sp³-hybridized carbons (Fsp3) is 0. The summed E-state index contributed by atoms with van der Waals surface area (Å²) < 4.78 is 1.68. The van der Waals surface area contributed by atoms with Crippen molar-refractivity contribution < 1.29 is 0 Å². The highest BCUT2D eigenvalue weighted by atomic mass is 15.3. The molecule has 2 rings (SSSR count). The van der Waals surface area contributed by atoms with Crippen LogP contribution in [-0.4, -0.2) is 19.5 Å². The molecule has 0 atom stereocenters. The van der Waals surface area contributed by atoms with E-state index in [0.29, 0.717) is 17.3 Å². The van der Waals surface area contributed by atoms with E-state index in [-0.39, 0.29) is 0 Å². The lowest BCUT2D eigenvalue weighted by Crippen LogP contribution is -2.13. The maximum atomic E-state index is 5.77. The molecular weight excluding hydrogens is 182 g/mol. The maximum Gasteiger partial charge on any atom is 0.168 e. The molecule has 7 heteroatoms. The lowest BCUT2D eigenvalue weighted by Gasteiger charge is -2.07. The quantitative estimate of drug-likeness (QED) is 0.437. The number of aromatic nitrogens is 4. The number of hydrogen-bond donors (Lipinski definition) is 3. The minimum Gasteiger partial charge on any atom is -0.393 e. The molecule has 14 heavy (non-hydrogen) atoms. The van der Waals surface area contributed by atoms with Crippen LogP contribution < -0.4 is 17.0 Å². The molecule has 2 heterocycles. The van der Waals surface area contributed by atoms with Crippen molar-refractivity contribution >= 4 is 11.5 Å². The molecule has 2 aromatic heterocycles. The van der Waals surface area contributed by atoms with Crippen LogP contribution in [0.15, 0.2) is 25.0 Å². The Morgan fingerprint density at radius 3 is 2.86 bits per heavy atom. The van der Waals surface area contributed by atoms with Crippen molar-refractivity contribution in [2.45, 2.75) is 0 Å². The molecule has 0 amide bonds. The third-order valence-corrected chi connectivity index (χ3v) is 1.75. The van der Waals surface area contributed by atoms with Gasteiger partial charge < -0.3 is 11.2 Å². The molecule has 0 aliphatic heterocycles. The van der Waals surface area contributed by atoms with Gasteiger partial charge in [0.1, 0.15) is 18.3 Å². The van der Waals surface area contributed by atoms with Crippen molar-refractivity contribution in [3.8, 4) is 5.82 Å². The largest absolute Gasteiger partial charge is 0.393 e. The van der Waals surface area contributed by atoms with Gasteiger partial charge in [0.2, 0.25) is 0 Å². The average Bonchev–Trinajstić information content (AvgIpc) is 2.71. The lowest BCUT2D eigenvalue weighted by atomic mass is 10.4. The van der Waals surface area contributed by atoms with E-state index >= 15 is 0 Å². The predicted octanol–water partition coefficient (Wildman–Crippen LogP) is -0.470. The molecule has 0 aromatic carbocycles. The minimum absolute atomic E-state index is 0.382. The third-order valence-electron chi connectivity index (χ3n) is 1.75. The summed E-state index contributed by atoms with van der Waals surface area (Å²) in [5, 5.41) is 0. The zero-order chi connectivity index (χ0) is 9.97. The Labute approximate surface area is 79.8 Å². The van der Waals surface area contributed by atoms with Crippen molar-refractivity contribution in [1.82, 2.24) is 19.5 Å². The van der Waals surface area contributed by atoms with Crippen LogP contribution in [0.5, 0.6) is 0 Å². The number of hydrogen-bond acceptors (Lipinski definition) is 6. The first-order valence-corrected chi connectivity index (χ1v) is 3.88. The first-order valence-electron chi connectivity index (χ1n) is 3.88. The molecule has 0 spiro atoms. The van der Waals surface area contributed by atoms with E-state index in [1.165, 1.54) is 6.33 Å². The fourth-order valence-electron chi connectivity index (χ4n) is 1.09. The van der Waals surface area contributed by atoms with Crippen LogP contribution in [0.3, 0.4) is 0 Å². The smallest absolute Gasteiger partial charge is 0.168 e. The zero-order valence-corrected chi connectivity index (χ0v) is 7.25. The lowest BCUT2D eigenvalue weighted by molar-refractivity contribution is 0.974. The van der Waals surface area contributed by atoms with Gasteiger partial charge in [-0.05, 0) is 0 Å². The van der Waals surface area contributed by atoms with Crippen molar-refractivity contribution in [1.29, 1.82) is 0 Å². The highest BCUT2D eigenvalue weighted by Crippen LogP contribution is 2.19. The SMILES string of the molecule is NNc1ncnc(-n2ccnc2)c1N. The van der Waals surface area contributed by atoms with Gasteiger partial charge in [0, 0.05) is 12.4 Å². The van der Waals surface area contributed by atoms with Gasteiger partial charge >= 0.3 is 0 Å². The van der Waals surface area contributed by atoms with Crippen LogP contribution in [-0.2, 0) is 0 Å². The van der Waals surface area contributed by atoms with E-state index in [9.17, 15) is 0 Å². The van der Waals surface area contributed by atoms with Crippen molar-refractivity contribution in [3.63, 3.8) is 0 Å². The number of nitrogen functional groups attached to an aromatic ring is 2. The van der Waals surface area contributed by atoms with E-state index in [2.05, 4.69) is 20.4 Å². The van der Waals surface area contributed by atoms with Crippen molar-refractivity contribution in [2.75, 3.05) is 11.2 Å². The summed E-state index contributed by atoms with van der Waals surface area (Å²) in [7, 11) is 0. The minimum atomic E-state index is 0.382. The normalized spacial score (nSPS) is 10.1. The van der Waals surface area contributed by atoms with Gasteiger partial charge in [-0.15, -0.1) is 0 Å². The van der Waals surface area contributed by atoms with Gasteiger partial charge in [0.15, 0.2) is 11.6 Å². The summed E-state index contributed by atoms with van der Waals surface area (Å²) in [5.41, 5.74) is 8.54. The van der Waals surface area contributed by atoms with E-state index in [4.69, 9.17) is 11.6 Å². The second-order valence-corrected chi connectivity index (χ2v) is 2.57. The number of hydrazine groups is 1. The van der Waals surface area contributed by atoms with Crippen LogP contribution in [0.4, 0.5) is 11.5 Å². The number of anilines is 2. The Hall–Kier alpha value is -2.15. The molecule has 0 bridgehead atoms. The van der Waals surface area contributed by atoms with Crippen LogP contribution >= 0.6 is 0 Å². The highest BCUT2D eigenvalue weighted by Gasteiger charge is 2.07. The summed E-state index contributed by atoms with van der Waals surface area (Å²) in [4.78, 5) is 11.8. The third kappa shape index (κ3) is 1.25. The number of nitrogens with two attached hydrogens (primary N) is 2. The van der Waals surface area contributed by atoms with Gasteiger partial charge in [0.25, 0.3) is 0 Å². The van der Waals surface area contributed by atoms with E-state index in [1.54, 1.807) is 23.3 Å². The standard InChI is InChI=1S/C7H9N7/c8-5-6(13-9)11-3-12-7(5)14-2-1-10-4-14/h1-4H,8-9H2,(H,11,12,13). The molecule has 7 nitrogen and oxygen atoms in total. The molecule has 72 valence electrons. The van der Waals surface area contributed by atoms with Crippen molar-refractivity contribution in [2.24, 2.45) is 5.84 Å². The summed E-state index contributed by atoms with van der Waals surface area (Å²) in [5.74, 6) is 6.17. The molecular formula is C7H9N7. The van der Waals surface area contributed by atoms with Gasteiger partial charge in [-0.3, -0.25) is 4.57 Å². The molecule has 5 N–H and O–H groups in total. The van der Waals surface area contributed by atoms with E-state index < -0.39 is 0 Å². The number of nitrogens with zero attached hydrogens (tertiary/aromatic N) is 4. The molecule has 2 aromatic rings. The summed E-state index contributed by atoms with van der Waals surface area (Å²) in [6.07, 6.45) is 6.34. The number of nitrogens with one attached hydrogen (secondary N) is 1. The van der Waals surface area contributed by atoms with Crippen LogP contribution in [0.1, 0.15) is 0 Å². The fourth-order valence-corrected chi connectivity index (χ4v) is 1.09. The average molecular weight is 191 g/mol.